The quantitative estimate of drug-likeness (QED) is 0.598. The van der Waals surface area contributed by atoms with Crippen molar-refractivity contribution in [2.75, 3.05) is 26.7 Å². The second-order valence-electron chi connectivity index (χ2n) is 9.42. The van der Waals surface area contributed by atoms with Crippen molar-refractivity contribution in [3.63, 3.8) is 0 Å². The Kier molecular flexibility index (Phi) is 7.95. The third-order valence-electron chi connectivity index (χ3n) is 6.93. The summed E-state index contributed by atoms with van der Waals surface area (Å²) in [6.07, 6.45) is 6.07. The molecule has 4 atom stereocenters. The minimum Gasteiger partial charge on any atom is -0.497 e. The van der Waals surface area contributed by atoms with E-state index in [-0.39, 0.29) is 17.9 Å². The van der Waals surface area contributed by atoms with E-state index in [0.717, 1.165) is 56.2 Å². The number of aliphatic hydroxyl groups is 1. The molecule has 1 amide bonds. The standard InChI is InChI=1S/C27H32F2N2O3/c1-34-24-7-4-20(5-8-24)25-10-11-31(17-26(25)32)16-19-2-6-23(14-19)30-27(33)9-3-18-12-21(28)15-22(29)13-18/h3-5,7-9,12-13,15,19,23,25-26,32H,2,6,10-11,14,16-17H2,1H3,(H,30,33)/t19-,23+,25-,26-/m1/s1. The molecule has 1 aliphatic carbocycles. The number of piperidine rings is 1. The van der Waals surface area contributed by atoms with E-state index >= 15 is 0 Å². The zero-order chi connectivity index (χ0) is 24.1. The molecule has 7 heteroatoms. The number of carbonyl (C=O) groups is 1. The zero-order valence-corrected chi connectivity index (χ0v) is 19.4. The first-order valence-electron chi connectivity index (χ1n) is 11.9. The summed E-state index contributed by atoms with van der Waals surface area (Å²) in [6, 6.07) is 11.2. The second kappa shape index (κ2) is 11.1. The predicted octanol–water partition coefficient (Wildman–Crippen LogP) is 4.12. The van der Waals surface area contributed by atoms with Gasteiger partial charge in [0.2, 0.25) is 5.91 Å². The molecule has 2 aromatic carbocycles. The Balaban J connectivity index is 1.22. The van der Waals surface area contributed by atoms with E-state index in [1.807, 2.05) is 24.3 Å². The molecule has 1 saturated carbocycles. The van der Waals surface area contributed by atoms with E-state index in [1.165, 1.54) is 24.3 Å². The molecule has 2 fully saturated rings. The van der Waals surface area contributed by atoms with Crippen molar-refractivity contribution in [3.8, 4) is 5.75 Å². The lowest BCUT2D eigenvalue weighted by molar-refractivity contribution is -0.117. The topological polar surface area (TPSA) is 61.8 Å². The van der Waals surface area contributed by atoms with Crippen molar-refractivity contribution < 1.29 is 23.4 Å². The van der Waals surface area contributed by atoms with Gasteiger partial charge in [-0.2, -0.15) is 0 Å². The Hall–Kier alpha value is -2.77. The number of carbonyl (C=O) groups excluding carboxylic acids is 1. The number of aliphatic hydroxyl groups excluding tert-OH is 1. The molecule has 1 aliphatic heterocycles. The number of halogens is 2. The van der Waals surface area contributed by atoms with E-state index < -0.39 is 17.7 Å². The van der Waals surface area contributed by atoms with Crippen LogP contribution >= 0.6 is 0 Å². The summed E-state index contributed by atoms with van der Waals surface area (Å²) >= 11 is 0. The smallest absolute Gasteiger partial charge is 0.244 e. The normalized spacial score (nSPS) is 25.5. The fourth-order valence-electron chi connectivity index (χ4n) is 5.23. The molecule has 0 radical (unpaired) electrons. The van der Waals surface area contributed by atoms with E-state index in [2.05, 4.69) is 10.2 Å². The van der Waals surface area contributed by atoms with Gasteiger partial charge in [-0.3, -0.25) is 4.79 Å². The molecule has 0 unspecified atom stereocenters. The molecule has 0 spiro atoms. The van der Waals surface area contributed by atoms with Crippen LogP contribution in [0.4, 0.5) is 8.78 Å². The maximum absolute atomic E-state index is 13.3. The van der Waals surface area contributed by atoms with Crippen molar-refractivity contribution in [1.29, 1.82) is 0 Å². The maximum atomic E-state index is 13.3. The molecular weight excluding hydrogens is 438 g/mol. The van der Waals surface area contributed by atoms with E-state index in [1.54, 1.807) is 7.11 Å². The Morgan fingerprint density at radius 3 is 2.56 bits per heavy atom. The number of amides is 1. The third kappa shape index (κ3) is 6.42. The van der Waals surface area contributed by atoms with Gasteiger partial charge in [-0.1, -0.05) is 12.1 Å². The van der Waals surface area contributed by atoms with Gasteiger partial charge in [0.1, 0.15) is 17.4 Å². The first kappa shape index (κ1) is 24.4. The number of likely N-dealkylation sites (tertiary alicyclic amines) is 1. The number of nitrogens with one attached hydrogen (secondary N) is 1. The van der Waals surface area contributed by atoms with Gasteiger partial charge in [-0.15, -0.1) is 0 Å². The molecule has 0 aromatic heterocycles. The SMILES string of the molecule is COc1ccc([C@H]2CCN(C[C@@H]3CC[C@H](NC(=O)C=Cc4cc(F)cc(F)c4)C3)C[C@H]2O)cc1. The number of nitrogens with zero attached hydrogens (tertiary/aromatic N) is 1. The molecule has 1 heterocycles. The molecule has 2 aliphatic rings. The zero-order valence-electron chi connectivity index (χ0n) is 19.4. The number of hydrogen-bond acceptors (Lipinski definition) is 4. The molecule has 34 heavy (non-hydrogen) atoms. The van der Waals surface area contributed by atoms with Crippen LogP contribution in [0, 0.1) is 17.6 Å². The Labute approximate surface area is 199 Å². The van der Waals surface area contributed by atoms with Crippen LogP contribution in [-0.4, -0.2) is 54.8 Å². The van der Waals surface area contributed by atoms with Gasteiger partial charge in [-0.05, 0) is 79.6 Å². The average molecular weight is 471 g/mol. The van der Waals surface area contributed by atoms with Crippen molar-refractivity contribution in [3.05, 3.63) is 71.3 Å². The summed E-state index contributed by atoms with van der Waals surface area (Å²) in [5, 5.41) is 13.8. The summed E-state index contributed by atoms with van der Waals surface area (Å²) < 4.78 is 31.8. The van der Waals surface area contributed by atoms with E-state index in [0.29, 0.717) is 18.0 Å². The molecule has 5 nitrogen and oxygen atoms in total. The van der Waals surface area contributed by atoms with Crippen LogP contribution in [0.2, 0.25) is 0 Å². The van der Waals surface area contributed by atoms with Crippen LogP contribution in [0.3, 0.4) is 0 Å². The number of methoxy groups -OCH3 is 1. The van der Waals surface area contributed by atoms with Gasteiger partial charge in [0.15, 0.2) is 0 Å². The fourth-order valence-corrected chi connectivity index (χ4v) is 5.23. The highest BCUT2D eigenvalue weighted by molar-refractivity contribution is 5.91. The van der Waals surface area contributed by atoms with Crippen molar-refractivity contribution in [2.45, 2.75) is 43.7 Å². The highest BCUT2D eigenvalue weighted by atomic mass is 19.1. The van der Waals surface area contributed by atoms with Crippen LogP contribution < -0.4 is 10.1 Å². The van der Waals surface area contributed by atoms with E-state index in [4.69, 9.17) is 4.74 Å². The summed E-state index contributed by atoms with van der Waals surface area (Å²) in [5.74, 6) is -0.177. The number of ether oxygens (including phenoxy) is 1. The summed E-state index contributed by atoms with van der Waals surface area (Å²) in [4.78, 5) is 14.6. The highest BCUT2D eigenvalue weighted by Gasteiger charge is 2.32. The Bertz CT molecular complexity index is 991. The van der Waals surface area contributed by atoms with Gasteiger partial charge in [0, 0.05) is 37.2 Å². The third-order valence-corrected chi connectivity index (χ3v) is 6.93. The van der Waals surface area contributed by atoms with E-state index in [9.17, 15) is 18.7 Å². The Morgan fingerprint density at radius 1 is 1.15 bits per heavy atom. The minimum absolute atomic E-state index is 0.0909. The number of rotatable bonds is 7. The molecule has 2 N–H and O–H groups in total. The van der Waals surface area contributed by atoms with Gasteiger partial charge < -0.3 is 20.1 Å². The molecule has 0 bridgehead atoms. The first-order chi connectivity index (χ1) is 16.4. The summed E-state index contributed by atoms with van der Waals surface area (Å²) in [5.41, 5.74) is 1.46. The summed E-state index contributed by atoms with van der Waals surface area (Å²) in [6.45, 7) is 2.50. The van der Waals surface area contributed by atoms with Crippen LogP contribution in [-0.2, 0) is 4.79 Å². The van der Waals surface area contributed by atoms with Crippen molar-refractivity contribution in [1.82, 2.24) is 10.2 Å². The summed E-state index contributed by atoms with van der Waals surface area (Å²) in [7, 11) is 1.65. The van der Waals surface area contributed by atoms with Gasteiger partial charge in [-0.25, -0.2) is 8.78 Å². The first-order valence-corrected chi connectivity index (χ1v) is 11.9. The molecule has 1 saturated heterocycles. The van der Waals surface area contributed by atoms with Crippen molar-refractivity contribution >= 4 is 12.0 Å². The largest absolute Gasteiger partial charge is 0.497 e. The minimum atomic E-state index is -0.670. The molecular formula is C27H32F2N2O3. The number of hydrogen-bond donors (Lipinski definition) is 2. The van der Waals surface area contributed by atoms with Gasteiger partial charge in [0.05, 0.1) is 13.2 Å². The lowest BCUT2D eigenvalue weighted by Crippen LogP contribution is -2.44. The maximum Gasteiger partial charge on any atom is 0.244 e. The van der Waals surface area contributed by atoms with Crippen molar-refractivity contribution in [2.24, 2.45) is 5.92 Å². The lowest BCUT2D eigenvalue weighted by Gasteiger charge is -2.37. The van der Waals surface area contributed by atoms with Crippen LogP contribution in [0.25, 0.3) is 6.08 Å². The van der Waals surface area contributed by atoms with Crippen LogP contribution in [0.5, 0.6) is 5.75 Å². The van der Waals surface area contributed by atoms with Crippen LogP contribution in [0.15, 0.2) is 48.5 Å². The lowest BCUT2D eigenvalue weighted by atomic mass is 9.86. The highest BCUT2D eigenvalue weighted by Crippen LogP contribution is 2.32. The Morgan fingerprint density at radius 2 is 1.88 bits per heavy atom. The molecule has 2 aromatic rings. The van der Waals surface area contributed by atoms with Gasteiger partial charge >= 0.3 is 0 Å². The van der Waals surface area contributed by atoms with Crippen LogP contribution in [0.1, 0.15) is 42.7 Å². The molecule has 182 valence electrons. The monoisotopic (exact) mass is 470 g/mol. The predicted molar refractivity (Wildman–Crippen MR) is 127 cm³/mol. The molecule has 4 rings (SSSR count). The number of benzene rings is 2. The number of β-amino-alcohol motifs (C(OH)–C–C–N with tert-alkyl or cyclic N) is 1. The average Bonchev–Trinajstić information content (AvgIpc) is 3.24. The van der Waals surface area contributed by atoms with Gasteiger partial charge in [0.25, 0.3) is 0 Å². The second-order valence-corrected chi connectivity index (χ2v) is 9.42. The fraction of sp³-hybridized carbons (Fsp3) is 0.444.